The van der Waals surface area contributed by atoms with Crippen molar-refractivity contribution in [3.8, 4) is 0 Å². The number of hydrogen-bond donors (Lipinski definition) is 1. The summed E-state index contributed by atoms with van der Waals surface area (Å²) in [5.41, 5.74) is 2.05. The average Bonchev–Trinajstić information content (AvgIpc) is 2.80. The van der Waals surface area contributed by atoms with Crippen LogP contribution in [0.5, 0.6) is 0 Å². The Morgan fingerprint density at radius 2 is 2.17 bits per heavy atom. The number of rotatable bonds is 4. The standard InChI is InChI=1S/C15H20O3/c1-15(2,9-14(16)17)13-6-4-3-5-12(13)11-7-8-18-10-11/h3-6,11H,7-10H2,1-2H3,(H,16,17). The van der Waals surface area contributed by atoms with Gasteiger partial charge >= 0.3 is 5.97 Å². The van der Waals surface area contributed by atoms with Crippen LogP contribution >= 0.6 is 0 Å². The van der Waals surface area contributed by atoms with Gasteiger partial charge in [-0.2, -0.15) is 0 Å². The van der Waals surface area contributed by atoms with Gasteiger partial charge < -0.3 is 9.84 Å². The smallest absolute Gasteiger partial charge is 0.304 e. The third-order valence-corrected chi connectivity index (χ3v) is 3.65. The van der Waals surface area contributed by atoms with Gasteiger partial charge in [-0.3, -0.25) is 4.79 Å². The van der Waals surface area contributed by atoms with Gasteiger partial charge in [0.25, 0.3) is 0 Å². The molecule has 0 amide bonds. The van der Waals surface area contributed by atoms with Gasteiger partial charge in [0.2, 0.25) is 0 Å². The van der Waals surface area contributed by atoms with Crippen molar-refractivity contribution in [2.24, 2.45) is 0 Å². The van der Waals surface area contributed by atoms with Gasteiger partial charge in [-0.25, -0.2) is 0 Å². The Hall–Kier alpha value is -1.35. The van der Waals surface area contributed by atoms with Crippen molar-refractivity contribution in [2.75, 3.05) is 13.2 Å². The number of carboxylic acids is 1. The molecule has 1 aliphatic rings. The highest BCUT2D eigenvalue weighted by atomic mass is 16.5. The molecule has 0 spiro atoms. The number of hydrogen-bond acceptors (Lipinski definition) is 2. The molecule has 3 heteroatoms. The first-order valence-electron chi connectivity index (χ1n) is 6.39. The van der Waals surface area contributed by atoms with Crippen LogP contribution in [0.2, 0.25) is 0 Å². The van der Waals surface area contributed by atoms with E-state index in [9.17, 15) is 4.79 Å². The molecule has 1 aromatic rings. The monoisotopic (exact) mass is 248 g/mol. The molecule has 1 aromatic carbocycles. The normalized spacial score (nSPS) is 20.0. The molecule has 2 rings (SSSR count). The van der Waals surface area contributed by atoms with E-state index in [1.807, 2.05) is 26.0 Å². The van der Waals surface area contributed by atoms with E-state index in [0.717, 1.165) is 25.2 Å². The maximum absolute atomic E-state index is 11.0. The molecule has 1 N–H and O–H groups in total. The van der Waals surface area contributed by atoms with Crippen molar-refractivity contribution in [1.29, 1.82) is 0 Å². The predicted octanol–water partition coefficient (Wildman–Crippen LogP) is 2.94. The number of aliphatic carboxylic acids is 1. The summed E-state index contributed by atoms with van der Waals surface area (Å²) in [6.45, 7) is 5.55. The lowest BCUT2D eigenvalue weighted by Gasteiger charge is -2.28. The fourth-order valence-electron chi connectivity index (χ4n) is 2.72. The zero-order chi connectivity index (χ0) is 13.2. The molecule has 1 aliphatic heterocycles. The van der Waals surface area contributed by atoms with Crippen LogP contribution in [0.15, 0.2) is 24.3 Å². The maximum Gasteiger partial charge on any atom is 0.304 e. The molecule has 1 heterocycles. The van der Waals surface area contributed by atoms with Crippen molar-refractivity contribution in [2.45, 2.75) is 38.0 Å². The van der Waals surface area contributed by atoms with Crippen LogP contribution in [-0.4, -0.2) is 24.3 Å². The van der Waals surface area contributed by atoms with E-state index < -0.39 is 5.97 Å². The van der Waals surface area contributed by atoms with E-state index in [0.29, 0.717) is 5.92 Å². The van der Waals surface area contributed by atoms with Crippen LogP contribution in [0.4, 0.5) is 0 Å². The van der Waals surface area contributed by atoms with Crippen molar-refractivity contribution in [1.82, 2.24) is 0 Å². The molecule has 0 aliphatic carbocycles. The van der Waals surface area contributed by atoms with Crippen molar-refractivity contribution in [3.63, 3.8) is 0 Å². The first kappa shape index (κ1) is 13.1. The van der Waals surface area contributed by atoms with E-state index in [1.54, 1.807) is 0 Å². The lowest BCUT2D eigenvalue weighted by Crippen LogP contribution is -2.24. The number of ether oxygens (including phenoxy) is 1. The third kappa shape index (κ3) is 2.72. The SMILES string of the molecule is CC(C)(CC(=O)O)c1ccccc1C1CCOC1. The van der Waals surface area contributed by atoms with E-state index in [4.69, 9.17) is 9.84 Å². The molecule has 0 bridgehead atoms. The van der Waals surface area contributed by atoms with Gasteiger partial charge in [-0.1, -0.05) is 38.1 Å². The second-order valence-electron chi connectivity index (χ2n) is 5.60. The van der Waals surface area contributed by atoms with Gasteiger partial charge in [-0.05, 0) is 17.5 Å². The molecular formula is C15H20O3. The Morgan fingerprint density at radius 1 is 1.44 bits per heavy atom. The van der Waals surface area contributed by atoms with Crippen LogP contribution in [0.1, 0.15) is 43.7 Å². The summed E-state index contributed by atoms with van der Waals surface area (Å²) < 4.78 is 5.44. The lowest BCUT2D eigenvalue weighted by molar-refractivity contribution is -0.138. The minimum atomic E-state index is -0.752. The quantitative estimate of drug-likeness (QED) is 0.891. The lowest BCUT2D eigenvalue weighted by atomic mass is 9.76. The topological polar surface area (TPSA) is 46.5 Å². The highest BCUT2D eigenvalue weighted by Gasteiger charge is 2.30. The van der Waals surface area contributed by atoms with Gasteiger partial charge in [0.15, 0.2) is 0 Å². The van der Waals surface area contributed by atoms with Crippen LogP contribution in [-0.2, 0) is 14.9 Å². The van der Waals surface area contributed by atoms with Crippen molar-refractivity contribution < 1.29 is 14.6 Å². The number of carboxylic acid groups (broad SMARTS) is 1. The summed E-state index contributed by atoms with van der Waals surface area (Å²) in [6.07, 6.45) is 1.18. The largest absolute Gasteiger partial charge is 0.481 e. The number of benzene rings is 1. The Balaban J connectivity index is 2.34. The maximum atomic E-state index is 11.0. The second-order valence-corrected chi connectivity index (χ2v) is 5.60. The summed E-state index contributed by atoms with van der Waals surface area (Å²) in [5.74, 6) is -0.341. The first-order chi connectivity index (χ1) is 8.50. The van der Waals surface area contributed by atoms with Gasteiger partial charge in [-0.15, -0.1) is 0 Å². The first-order valence-corrected chi connectivity index (χ1v) is 6.39. The Bertz CT molecular complexity index is 431. The third-order valence-electron chi connectivity index (χ3n) is 3.65. The molecule has 1 saturated heterocycles. The minimum absolute atomic E-state index is 0.150. The average molecular weight is 248 g/mol. The highest BCUT2D eigenvalue weighted by Crippen LogP contribution is 2.36. The molecule has 1 fully saturated rings. The fourth-order valence-corrected chi connectivity index (χ4v) is 2.72. The molecule has 3 nitrogen and oxygen atoms in total. The van der Waals surface area contributed by atoms with E-state index in [2.05, 4.69) is 12.1 Å². The highest BCUT2D eigenvalue weighted by molar-refractivity contribution is 5.69. The zero-order valence-electron chi connectivity index (χ0n) is 11.0. The molecule has 1 unspecified atom stereocenters. The van der Waals surface area contributed by atoms with Gasteiger partial charge in [0.05, 0.1) is 13.0 Å². The van der Waals surface area contributed by atoms with Crippen LogP contribution < -0.4 is 0 Å². The Kier molecular flexibility index (Phi) is 3.71. The zero-order valence-corrected chi connectivity index (χ0v) is 11.0. The Labute approximate surface area is 108 Å². The summed E-state index contributed by atoms with van der Waals surface area (Å²) in [4.78, 5) is 11.0. The van der Waals surface area contributed by atoms with Crippen molar-refractivity contribution >= 4 is 5.97 Å². The molecule has 1 atom stereocenters. The summed E-state index contributed by atoms with van der Waals surface area (Å²) in [5, 5.41) is 9.04. The van der Waals surface area contributed by atoms with E-state index >= 15 is 0 Å². The van der Waals surface area contributed by atoms with Crippen molar-refractivity contribution in [3.05, 3.63) is 35.4 Å². The summed E-state index contributed by atoms with van der Waals surface area (Å²) in [7, 11) is 0. The summed E-state index contributed by atoms with van der Waals surface area (Å²) >= 11 is 0. The number of carbonyl (C=O) groups is 1. The molecule has 0 saturated carbocycles. The van der Waals surface area contributed by atoms with E-state index in [-0.39, 0.29) is 11.8 Å². The van der Waals surface area contributed by atoms with Gasteiger partial charge in [0.1, 0.15) is 0 Å². The summed E-state index contributed by atoms with van der Waals surface area (Å²) in [6, 6.07) is 8.17. The fraction of sp³-hybridized carbons (Fsp3) is 0.533. The molecule has 0 aromatic heterocycles. The van der Waals surface area contributed by atoms with Crippen LogP contribution in [0.3, 0.4) is 0 Å². The molecular weight excluding hydrogens is 228 g/mol. The minimum Gasteiger partial charge on any atom is -0.481 e. The van der Waals surface area contributed by atoms with E-state index in [1.165, 1.54) is 5.56 Å². The predicted molar refractivity (Wildman–Crippen MR) is 69.9 cm³/mol. The molecule has 18 heavy (non-hydrogen) atoms. The van der Waals surface area contributed by atoms with Crippen LogP contribution in [0.25, 0.3) is 0 Å². The molecule has 98 valence electrons. The van der Waals surface area contributed by atoms with Crippen LogP contribution in [0, 0.1) is 0 Å². The Morgan fingerprint density at radius 3 is 2.78 bits per heavy atom. The van der Waals surface area contributed by atoms with Gasteiger partial charge in [0, 0.05) is 17.9 Å². The second kappa shape index (κ2) is 5.11. The molecule has 0 radical (unpaired) electrons.